The maximum Gasteiger partial charge on any atom is 0.412 e. The number of ether oxygens (including phenoxy) is 2. The van der Waals surface area contributed by atoms with Crippen LogP contribution in [0.15, 0.2) is 54.6 Å². The van der Waals surface area contributed by atoms with E-state index in [-0.39, 0.29) is 5.92 Å². The number of nitrogens with one attached hydrogen (secondary N) is 1. The zero-order valence-electron chi connectivity index (χ0n) is 16.9. The zero-order chi connectivity index (χ0) is 19.9. The van der Waals surface area contributed by atoms with Crippen LogP contribution in [0, 0.1) is 5.92 Å². The van der Waals surface area contributed by atoms with Gasteiger partial charge in [-0.3, -0.25) is 5.32 Å². The van der Waals surface area contributed by atoms with E-state index >= 15 is 0 Å². The van der Waals surface area contributed by atoms with E-state index in [1.807, 2.05) is 75.6 Å². The van der Waals surface area contributed by atoms with Crippen LogP contribution in [0.1, 0.15) is 25.8 Å². The molecule has 0 fully saturated rings. The molecule has 0 aliphatic carbocycles. The fraction of sp³-hybridized carbons (Fsp3) is 0.409. The molecule has 0 aromatic heterocycles. The Balaban J connectivity index is 2.36. The van der Waals surface area contributed by atoms with Gasteiger partial charge in [0.05, 0.1) is 7.11 Å². The van der Waals surface area contributed by atoms with Crippen molar-refractivity contribution >= 4 is 11.8 Å². The fourth-order valence-electron chi connectivity index (χ4n) is 3.48. The van der Waals surface area contributed by atoms with E-state index in [0.717, 1.165) is 17.9 Å². The lowest BCUT2D eigenvalue weighted by molar-refractivity contribution is -0.0383. The van der Waals surface area contributed by atoms with Crippen LogP contribution in [0.2, 0.25) is 0 Å². The number of carbonyl (C=O) groups is 1. The second-order valence-corrected chi connectivity index (χ2v) is 7.02. The molecule has 5 nitrogen and oxygen atoms in total. The monoisotopic (exact) mass is 370 g/mol. The lowest BCUT2D eigenvalue weighted by atomic mass is 9.79. The first-order valence-corrected chi connectivity index (χ1v) is 9.25. The molecule has 0 bridgehead atoms. The van der Waals surface area contributed by atoms with Gasteiger partial charge in [0.1, 0.15) is 11.4 Å². The van der Waals surface area contributed by atoms with E-state index in [0.29, 0.717) is 12.1 Å². The SMILES string of the molecule is CCC(OC(=O)Nc1ccccc1)(c1cccc(OC)c1)C(C)CN(C)C. The van der Waals surface area contributed by atoms with Gasteiger partial charge in [0.15, 0.2) is 0 Å². The summed E-state index contributed by atoms with van der Waals surface area (Å²) in [6.07, 6.45) is 0.189. The van der Waals surface area contributed by atoms with Crippen molar-refractivity contribution in [1.82, 2.24) is 4.90 Å². The maximum atomic E-state index is 12.7. The summed E-state index contributed by atoms with van der Waals surface area (Å²) in [5, 5.41) is 2.83. The number of carbonyl (C=O) groups excluding carboxylic acids is 1. The normalized spacial score (nSPS) is 14.3. The number of hydrogen-bond acceptors (Lipinski definition) is 4. The molecule has 146 valence electrons. The number of anilines is 1. The predicted molar refractivity (Wildman–Crippen MR) is 109 cm³/mol. The molecule has 2 rings (SSSR count). The van der Waals surface area contributed by atoms with Crippen molar-refractivity contribution in [2.75, 3.05) is 33.1 Å². The van der Waals surface area contributed by atoms with Gasteiger partial charge in [0.25, 0.3) is 0 Å². The first kappa shape index (κ1) is 20.8. The standard InChI is InChI=1S/C22H30N2O3/c1-6-22(17(2)16-24(3)4,18-11-10-14-20(15-18)26-5)27-21(25)23-19-12-8-7-9-13-19/h7-15,17H,6,16H2,1-5H3,(H,23,25). The van der Waals surface area contributed by atoms with Gasteiger partial charge in [-0.2, -0.15) is 0 Å². The molecule has 0 aliphatic heterocycles. The summed E-state index contributed by atoms with van der Waals surface area (Å²) >= 11 is 0. The van der Waals surface area contributed by atoms with Gasteiger partial charge >= 0.3 is 6.09 Å². The van der Waals surface area contributed by atoms with Crippen LogP contribution in [-0.4, -0.2) is 38.7 Å². The van der Waals surface area contributed by atoms with Crippen LogP contribution in [-0.2, 0) is 10.3 Å². The first-order chi connectivity index (χ1) is 12.9. The minimum atomic E-state index is -0.766. The van der Waals surface area contributed by atoms with Crippen molar-refractivity contribution in [3.8, 4) is 5.75 Å². The number of amides is 1. The van der Waals surface area contributed by atoms with Crippen LogP contribution >= 0.6 is 0 Å². The number of benzene rings is 2. The molecular weight excluding hydrogens is 340 g/mol. The molecule has 0 heterocycles. The van der Waals surface area contributed by atoms with Crippen molar-refractivity contribution < 1.29 is 14.3 Å². The highest BCUT2D eigenvalue weighted by Gasteiger charge is 2.41. The molecule has 0 saturated heterocycles. The molecular formula is C22H30N2O3. The summed E-state index contributed by atoms with van der Waals surface area (Å²) in [7, 11) is 5.68. The Hall–Kier alpha value is -2.53. The Morgan fingerprint density at radius 1 is 1.15 bits per heavy atom. The maximum absolute atomic E-state index is 12.7. The van der Waals surface area contributed by atoms with Crippen molar-refractivity contribution in [2.24, 2.45) is 5.92 Å². The molecule has 0 saturated carbocycles. The van der Waals surface area contributed by atoms with E-state index in [4.69, 9.17) is 9.47 Å². The smallest absolute Gasteiger partial charge is 0.412 e. The second kappa shape index (κ2) is 9.42. The molecule has 5 heteroatoms. The zero-order valence-corrected chi connectivity index (χ0v) is 16.9. The first-order valence-electron chi connectivity index (χ1n) is 9.25. The van der Waals surface area contributed by atoms with Gasteiger partial charge in [-0.15, -0.1) is 0 Å². The minimum absolute atomic E-state index is 0.0751. The molecule has 1 N–H and O–H groups in total. The summed E-state index contributed by atoms with van der Waals surface area (Å²) in [6, 6.07) is 17.1. The summed E-state index contributed by atoms with van der Waals surface area (Å²) < 4.78 is 11.5. The molecule has 0 spiro atoms. The highest BCUT2D eigenvalue weighted by atomic mass is 16.6. The number of rotatable bonds is 8. The minimum Gasteiger partial charge on any atom is -0.497 e. The predicted octanol–water partition coefficient (Wildman–Crippen LogP) is 4.75. The van der Waals surface area contributed by atoms with E-state index in [9.17, 15) is 4.79 Å². The van der Waals surface area contributed by atoms with Crippen molar-refractivity contribution in [1.29, 1.82) is 0 Å². The van der Waals surface area contributed by atoms with E-state index in [2.05, 4.69) is 17.1 Å². The highest BCUT2D eigenvalue weighted by Crippen LogP contribution is 2.39. The Labute approximate surface area is 162 Å². The molecule has 2 unspecified atom stereocenters. The van der Waals surface area contributed by atoms with Crippen molar-refractivity contribution in [3.63, 3.8) is 0 Å². The lowest BCUT2D eigenvalue weighted by Gasteiger charge is -2.39. The molecule has 0 radical (unpaired) electrons. The Bertz CT molecular complexity index is 733. The number of hydrogen-bond donors (Lipinski definition) is 1. The Kier molecular flexibility index (Phi) is 7.25. The second-order valence-electron chi connectivity index (χ2n) is 7.02. The van der Waals surface area contributed by atoms with Gasteiger partial charge in [0.2, 0.25) is 0 Å². The van der Waals surface area contributed by atoms with Gasteiger partial charge in [-0.25, -0.2) is 4.79 Å². The number of nitrogens with zero attached hydrogens (tertiary/aromatic N) is 1. The summed E-state index contributed by atoms with van der Waals surface area (Å²) in [6.45, 7) is 4.93. The number of methoxy groups -OCH3 is 1. The lowest BCUT2D eigenvalue weighted by Crippen LogP contribution is -2.43. The quantitative estimate of drug-likeness (QED) is 0.729. The topological polar surface area (TPSA) is 50.8 Å². The molecule has 2 atom stereocenters. The number of para-hydroxylation sites is 1. The van der Waals surface area contributed by atoms with Crippen LogP contribution in [0.3, 0.4) is 0 Å². The van der Waals surface area contributed by atoms with Crippen LogP contribution < -0.4 is 10.1 Å². The molecule has 27 heavy (non-hydrogen) atoms. The third kappa shape index (κ3) is 5.23. The van der Waals surface area contributed by atoms with E-state index in [1.54, 1.807) is 7.11 Å². The van der Waals surface area contributed by atoms with E-state index < -0.39 is 11.7 Å². The molecule has 0 aliphatic rings. The van der Waals surface area contributed by atoms with Crippen LogP contribution in [0.5, 0.6) is 5.75 Å². The largest absolute Gasteiger partial charge is 0.497 e. The average Bonchev–Trinajstić information content (AvgIpc) is 2.66. The summed E-state index contributed by atoms with van der Waals surface area (Å²) in [4.78, 5) is 14.8. The van der Waals surface area contributed by atoms with Gasteiger partial charge in [0, 0.05) is 18.2 Å². The van der Waals surface area contributed by atoms with Gasteiger partial charge in [-0.05, 0) is 50.3 Å². The molecule has 2 aromatic rings. The van der Waals surface area contributed by atoms with Gasteiger partial charge < -0.3 is 14.4 Å². The third-order valence-electron chi connectivity index (χ3n) is 4.81. The van der Waals surface area contributed by atoms with Crippen LogP contribution in [0.4, 0.5) is 10.5 Å². The van der Waals surface area contributed by atoms with E-state index in [1.165, 1.54) is 0 Å². The van der Waals surface area contributed by atoms with Crippen LogP contribution in [0.25, 0.3) is 0 Å². The highest BCUT2D eigenvalue weighted by molar-refractivity contribution is 5.84. The average molecular weight is 370 g/mol. The Morgan fingerprint density at radius 3 is 2.44 bits per heavy atom. The Morgan fingerprint density at radius 2 is 1.85 bits per heavy atom. The summed E-state index contributed by atoms with van der Waals surface area (Å²) in [5.74, 6) is 0.820. The van der Waals surface area contributed by atoms with Crippen molar-refractivity contribution in [3.05, 3.63) is 60.2 Å². The van der Waals surface area contributed by atoms with Crippen molar-refractivity contribution in [2.45, 2.75) is 25.9 Å². The fourth-order valence-corrected chi connectivity index (χ4v) is 3.48. The third-order valence-corrected chi connectivity index (χ3v) is 4.81. The molecule has 1 amide bonds. The molecule has 2 aromatic carbocycles. The van der Waals surface area contributed by atoms with Gasteiger partial charge in [-0.1, -0.05) is 44.2 Å². The summed E-state index contributed by atoms with van der Waals surface area (Å²) in [5.41, 5.74) is 0.873.